The van der Waals surface area contributed by atoms with Gasteiger partial charge in [-0.2, -0.15) is 4.98 Å². The smallest absolute Gasteiger partial charge is 0.229 e. The topological polar surface area (TPSA) is 47.5 Å². The lowest BCUT2D eigenvalue weighted by molar-refractivity contribution is 0.122. The fourth-order valence-corrected chi connectivity index (χ4v) is 2.34. The molecule has 0 bridgehead atoms. The maximum Gasteiger partial charge on any atom is 0.229 e. The third-order valence-electron chi connectivity index (χ3n) is 3.62. The van der Waals surface area contributed by atoms with Crippen molar-refractivity contribution in [1.82, 2.24) is 9.97 Å². The lowest BCUT2D eigenvalue weighted by atomic mass is 10.2. The summed E-state index contributed by atoms with van der Waals surface area (Å²) in [7, 11) is 0. The van der Waals surface area contributed by atoms with Crippen molar-refractivity contribution >= 4 is 5.95 Å². The van der Waals surface area contributed by atoms with Crippen LogP contribution in [0.25, 0.3) is 0 Å². The largest absolute Gasteiger partial charge is 0.473 e. The Balaban J connectivity index is 1.70. The van der Waals surface area contributed by atoms with Crippen molar-refractivity contribution in [1.29, 1.82) is 0 Å². The minimum Gasteiger partial charge on any atom is -0.473 e. The molecule has 0 atom stereocenters. The summed E-state index contributed by atoms with van der Waals surface area (Å²) in [6, 6.07) is 10.2. The number of ether oxygens (including phenoxy) is 2. The lowest BCUT2D eigenvalue weighted by Gasteiger charge is -2.27. The van der Waals surface area contributed by atoms with Gasteiger partial charge in [-0.25, -0.2) is 4.98 Å². The summed E-state index contributed by atoms with van der Waals surface area (Å²) in [5.74, 6) is 1.34. The summed E-state index contributed by atoms with van der Waals surface area (Å²) in [5, 5.41) is 0. The Hall–Kier alpha value is -2.14. The molecule has 1 aromatic carbocycles. The second-order valence-electron chi connectivity index (χ2n) is 5.52. The molecule has 0 spiro atoms. The third kappa shape index (κ3) is 3.74. The Morgan fingerprint density at radius 1 is 1.09 bits per heavy atom. The fourth-order valence-electron chi connectivity index (χ4n) is 2.34. The van der Waals surface area contributed by atoms with Crippen LogP contribution in [-0.2, 0) is 11.3 Å². The van der Waals surface area contributed by atoms with E-state index in [0.29, 0.717) is 12.5 Å². The van der Waals surface area contributed by atoms with Gasteiger partial charge >= 0.3 is 0 Å². The normalized spacial score (nSPS) is 14.9. The maximum atomic E-state index is 5.84. The molecule has 22 heavy (non-hydrogen) atoms. The zero-order chi connectivity index (χ0) is 15.4. The highest BCUT2D eigenvalue weighted by Crippen LogP contribution is 2.17. The van der Waals surface area contributed by atoms with Crippen molar-refractivity contribution in [3.63, 3.8) is 0 Å². The Bertz CT molecular complexity index is 622. The minimum absolute atomic E-state index is 0.513. The summed E-state index contributed by atoms with van der Waals surface area (Å²) in [6.07, 6.45) is 0. The number of morpholine rings is 1. The van der Waals surface area contributed by atoms with Crippen LogP contribution in [0.2, 0.25) is 0 Å². The molecule has 1 saturated heterocycles. The zero-order valence-electron chi connectivity index (χ0n) is 13.1. The van der Waals surface area contributed by atoms with Crippen LogP contribution in [0.5, 0.6) is 5.88 Å². The summed E-state index contributed by atoms with van der Waals surface area (Å²) >= 11 is 0. The van der Waals surface area contributed by atoms with E-state index in [1.807, 2.05) is 13.0 Å². The molecule has 2 aromatic rings. The Labute approximate surface area is 130 Å². The van der Waals surface area contributed by atoms with Crippen LogP contribution in [-0.4, -0.2) is 36.3 Å². The second kappa shape index (κ2) is 6.75. The molecule has 116 valence electrons. The monoisotopic (exact) mass is 299 g/mol. The molecule has 5 heteroatoms. The van der Waals surface area contributed by atoms with Gasteiger partial charge in [0.05, 0.1) is 13.2 Å². The fraction of sp³-hybridized carbons (Fsp3) is 0.412. The molecule has 0 radical (unpaired) electrons. The first-order valence-electron chi connectivity index (χ1n) is 7.57. The highest BCUT2D eigenvalue weighted by Gasteiger charge is 2.15. The van der Waals surface area contributed by atoms with E-state index in [9.17, 15) is 0 Å². The van der Waals surface area contributed by atoms with Crippen LogP contribution in [0.1, 0.15) is 16.8 Å². The Morgan fingerprint density at radius 3 is 2.55 bits per heavy atom. The quantitative estimate of drug-likeness (QED) is 0.868. The molecule has 1 aromatic heterocycles. The van der Waals surface area contributed by atoms with Crippen molar-refractivity contribution in [2.45, 2.75) is 20.5 Å². The van der Waals surface area contributed by atoms with E-state index in [1.54, 1.807) is 0 Å². The van der Waals surface area contributed by atoms with Crippen LogP contribution >= 0.6 is 0 Å². The molecule has 2 heterocycles. The van der Waals surface area contributed by atoms with Crippen LogP contribution in [0.3, 0.4) is 0 Å². The van der Waals surface area contributed by atoms with Gasteiger partial charge in [0.2, 0.25) is 11.8 Å². The molecule has 0 unspecified atom stereocenters. The average molecular weight is 299 g/mol. The van der Waals surface area contributed by atoms with Gasteiger partial charge in [0.15, 0.2) is 0 Å². The van der Waals surface area contributed by atoms with Gasteiger partial charge in [0, 0.05) is 24.8 Å². The minimum atomic E-state index is 0.513. The van der Waals surface area contributed by atoms with Gasteiger partial charge in [0.1, 0.15) is 6.61 Å². The van der Waals surface area contributed by atoms with Crippen molar-refractivity contribution in [2.75, 3.05) is 31.2 Å². The maximum absolute atomic E-state index is 5.84. The molecule has 0 N–H and O–H groups in total. The van der Waals surface area contributed by atoms with Crippen molar-refractivity contribution in [3.05, 3.63) is 47.2 Å². The molecular weight excluding hydrogens is 278 g/mol. The van der Waals surface area contributed by atoms with Crippen molar-refractivity contribution in [2.24, 2.45) is 0 Å². The van der Waals surface area contributed by atoms with E-state index in [0.717, 1.165) is 43.5 Å². The standard InChI is InChI=1S/C17H21N3O2/c1-13-3-5-15(6-4-13)12-22-16-11-14(2)18-17(19-16)20-7-9-21-10-8-20/h3-6,11H,7-10,12H2,1-2H3. The first-order chi connectivity index (χ1) is 10.7. The highest BCUT2D eigenvalue weighted by atomic mass is 16.5. The summed E-state index contributed by atoms with van der Waals surface area (Å²) in [5.41, 5.74) is 3.29. The molecular formula is C17H21N3O2. The van der Waals surface area contributed by atoms with Crippen molar-refractivity contribution < 1.29 is 9.47 Å². The van der Waals surface area contributed by atoms with E-state index in [4.69, 9.17) is 9.47 Å². The van der Waals surface area contributed by atoms with E-state index in [-0.39, 0.29) is 0 Å². The molecule has 1 aliphatic heterocycles. The average Bonchev–Trinajstić information content (AvgIpc) is 2.55. The third-order valence-corrected chi connectivity index (χ3v) is 3.62. The molecule has 1 aliphatic rings. The van der Waals surface area contributed by atoms with Gasteiger partial charge in [-0.3, -0.25) is 0 Å². The van der Waals surface area contributed by atoms with E-state index in [2.05, 4.69) is 46.1 Å². The number of aryl methyl sites for hydroxylation is 2. The molecule has 3 rings (SSSR count). The van der Waals surface area contributed by atoms with E-state index in [1.165, 1.54) is 5.56 Å². The lowest BCUT2D eigenvalue weighted by Crippen LogP contribution is -2.37. The van der Waals surface area contributed by atoms with Crippen LogP contribution < -0.4 is 9.64 Å². The number of rotatable bonds is 4. The number of aromatic nitrogens is 2. The van der Waals surface area contributed by atoms with Crippen molar-refractivity contribution in [3.8, 4) is 5.88 Å². The molecule has 1 fully saturated rings. The zero-order valence-corrected chi connectivity index (χ0v) is 13.1. The number of anilines is 1. The van der Waals surface area contributed by atoms with Crippen LogP contribution in [0.15, 0.2) is 30.3 Å². The summed E-state index contributed by atoms with van der Waals surface area (Å²) in [6.45, 7) is 7.63. The summed E-state index contributed by atoms with van der Waals surface area (Å²) in [4.78, 5) is 11.2. The number of nitrogens with zero attached hydrogens (tertiary/aromatic N) is 3. The number of benzene rings is 1. The van der Waals surface area contributed by atoms with Gasteiger partial charge in [-0.15, -0.1) is 0 Å². The van der Waals surface area contributed by atoms with Crippen LogP contribution in [0, 0.1) is 13.8 Å². The van der Waals surface area contributed by atoms with Crippen LogP contribution in [0.4, 0.5) is 5.95 Å². The highest BCUT2D eigenvalue weighted by molar-refractivity contribution is 5.34. The number of hydrogen-bond donors (Lipinski definition) is 0. The number of hydrogen-bond acceptors (Lipinski definition) is 5. The van der Waals surface area contributed by atoms with E-state index >= 15 is 0 Å². The molecule has 5 nitrogen and oxygen atoms in total. The first kappa shape index (κ1) is 14.8. The second-order valence-corrected chi connectivity index (χ2v) is 5.52. The predicted octanol–water partition coefficient (Wildman–Crippen LogP) is 2.51. The van der Waals surface area contributed by atoms with Gasteiger partial charge in [0.25, 0.3) is 0 Å². The summed E-state index contributed by atoms with van der Waals surface area (Å²) < 4.78 is 11.2. The molecule has 0 amide bonds. The van der Waals surface area contributed by atoms with Gasteiger partial charge in [-0.1, -0.05) is 29.8 Å². The Morgan fingerprint density at radius 2 is 1.82 bits per heavy atom. The SMILES string of the molecule is Cc1ccc(COc2cc(C)nc(N3CCOCC3)n2)cc1. The molecule has 0 aliphatic carbocycles. The molecule has 0 saturated carbocycles. The first-order valence-corrected chi connectivity index (χ1v) is 7.57. The Kier molecular flexibility index (Phi) is 4.53. The van der Waals surface area contributed by atoms with Gasteiger partial charge in [-0.05, 0) is 19.4 Å². The van der Waals surface area contributed by atoms with E-state index < -0.39 is 0 Å². The van der Waals surface area contributed by atoms with Gasteiger partial charge < -0.3 is 14.4 Å². The predicted molar refractivity (Wildman–Crippen MR) is 85.3 cm³/mol.